The van der Waals surface area contributed by atoms with E-state index in [9.17, 15) is 14.4 Å². The monoisotopic (exact) mass is 401 g/mol. The Morgan fingerprint density at radius 3 is 1.80 bits per heavy atom. The van der Waals surface area contributed by atoms with Gasteiger partial charge in [0.1, 0.15) is 6.04 Å². The van der Waals surface area contributed by atoms with E-state index in [4.69, 9.17) is 10.8 Å². The number of hydrogen-bond donors (Lipinski definition) is 2. The van der Waals surface area contributed by atoms with Crippen molar-refractivity contribution in [3.05, 3.63) is 106 Å². The van der Waals surface area contributed by atoms with Crippen LogP contribution in [0.5, 0.6) is 0 Å². The zero-order valence-electron chi connectivity index (χ0n) is 16.7. The first-order valence-electron chi connectivity index (χ1n) is 9.70. The van der Waals surface area contributed by atoms with Crippen molar-refractivity contribution in [1.82, 2.24) is 0 Å². The minimum atomic E-state index is -1.10. The molecule has 30 heavy (non-hydrogen) atoms. The van der Waals surface area contributed by atoms with Gasteiger partial charge in [-0.2, -0.15) is 0 Å². The van der Waals surface area contributed by atoms with Gasteiger partial charge in [0.25, 0.3) is 0 Å². The topological polar surface area (TPSA) is 97.5 Å². The number of carboxylic acid groups (broad SMARTS) is 1. The third-order valence-electron chi connectivity index (χ3n) is 5.07. The Morgan fingerprint density at radius 1 is 0.800 bits per heavy atom. The molecule has 0 amide bonds. The molecular formula is C25H23NO4. The first-order valence-corrected chi connectivity index (χ1v) is 9.70. The van der Waals surface area contributed by atoms with Gasteiger partial charge in [0, 0.05) is 22.3 Å². The zero-order valence-corrected chi connectivity index (χ0v) is 16.7. The molecule has 0 aliphatic heterocycles. The van der Waals surface area contributed by atoms with Crippen molar-refractivity contribution in [3.8, 4) is 0 Å². The van der Waals surface area contributed by atoms with Gasteiger partial charge in [0.05, 0.1) is 0 Å². The number of nitrogens with two attached hydrogens (primary N) is 1. The Hall–Kier alpha value is -3.57. The van der Waals surface area contributed by atoms with Crippen LogP contribution in [0.1, 0.15) is 49.4 Å². The maximum absolute atomic E-state index is 13.5. The van der Waals surface area contributed by atoms with Gasteiger partial charge in [-0.25, -0.2) is 0 Å². The molecule has 1 unspecified atom stereocenters. The molecule has 1 atom stereocenters. The molecule has 5 heteroatoms. The molecule has 3 N–H and O–H groups in total. The maximum atomic E-state index is 13.5. The second kappa shape index (κ2) is 9.29. The van der Waals surface area contributed by atoms with Crippen molar-refractivity contribution < 1.29 is 19.5 Å². The largest absolute Gasteiger partial charge is 0.480 e. The van der Waals surface area contributed by atoms with Gasteiger partial charge in [0.2, 0.25) is 0 Å². The summed E-state index contributed by atoms with van der Waals surface area (Å²) in [5, 5.41) is 9.11. The van der Waals surface area contributed by atoms with Gasteiger partial charge in [-0.3, -0.25) is 14.4 Å². The van der Waals surface area contributed by atoms with Gasteiger partial charge in [-0.15, -0.1) is 0 Å². The third kappa shape index (κ3) is 4.53. The van der Waals surface area contributed by atoms with E-state index in [0.717, 1.165) is 0 Å². The lowest BCUT2D eigenvalue weighted by molar-refractivity contribution is -0.138. The van der Waals surface area contributed by atoms with Crippen molar-refractivity contribution in [2.75, 3.05) is 0 Å². The number of ketones is 2. The Morgan fingerprint density at radius 2 is 1.30 bits per heavy atom. The Balaban J connectivity index is 2.15. The van der Waals surface area contributed by atoms with E-state index < -0.39 is 12.0 Å². The number of rotatable bonds is 8. The highest BCUT2D eigenvalue weighted by Gasteiger charge is 2.25. The fourth-order valence-electron chi connectivity index (χ4n) is 3.41. The average molecular weight is 401 g/mol. The highest BCUT2D eigenvalue weighted by molar-refractivity contribution is 6.20. The minimum absolute atomic E-state index is 0.159. The van der Waals surface area contributed by atoms with Crippen molar-refractivity contribution in [1.29, 1.82) is 0 Å². The first kappa shape index (κ1) is 21.1. The Bertz CT molecular complexity index is 1080. The molecule has 0 aromatic heterocycles. The van der Waals surface area contributed by atoms with E-state index in [0.29, 0.717) is 33.4 Å². The van der Waals surface area contributed by atoms with Crippen molar-refractivity contribution in [3.63, 3.8) is 0 Å². The normalized spacial score (nSPS) is 11.7. The SMILES string of the molecule is Cc1ccc(CCC(N)C(=O)O)c(C(=O)c2ccccc2)c1C(=O)c1ccccc1. The molecule has 0 radical (unpaired) electrons. The number of carboxylic acids is 1. The second-order valence-electron chi connectivity index (χ2n) is 7.17. The molecule has 0 aliphatic rings. The zero-order chi connectivity index (χ0) is 21.7. The van der Waals surface area contributed by atoms with Crippen LogP contribution in [0.15, 0.2) is 72.8 Å². The minimum Gasteiger partial charge on any atom is -0.480 e. The summed E-state index contributed by atoms with van der Waals surface area (Å²) in [6, 6.07) is 20.1. The molecule has 0 fully saturated rings. The molecule has 0 heterocycles. The van der Waals surface area contributed by atoms with E-state index in [1.807, 2.05) is 12.1 Å². The summed E-state index contributed by atoms with van der Waals surface area (Å²) >= 11 is 0. The summed E-state index contributed by atoms with van der Waals surface area (Å²) in [5.41, 5.74) is 8.59. The lowest BCUT2D eigenvalue weighted by atomic mass is 9.85. The lowest BCUT2D eigenvalue weighted by Gasteiger charge is -2.17. The van der Waals surface area contributed by atoms with Crippen molar-refractivity contribution in [2.24, 2.45) is 5.73 Å². The smallest absolute Gasteiger partial charge is 0.320 e. The number of hydrogen-bond acceptors (Lipinski definition) is 4. The van der Waals surface area contributed by atoms with Crippen molar-refractivity contribution >= 4 is 17.5 Å². The molecule has 0 aliphatic carbocycles. The van der Waals surface area contributed by atoms with E-state index in [2.05, 4.69) is 0 Å². The fraction of sp³-hybridized carbons (Fsp3) is 0.160. The summed E-state index contributed by atoms with van der Waals surface area (Å²) in [5.74, 6) is -1.60. The van der Waals surface area contributed by atoms with Gasteiger partial charge in [0.15, 0.2) is 11.6 Å². The first-order chi connectivity index (χ1) is 14.4. The summed E-state index contributed by atoms with van der Waals surface area (Å²) < 4.78 is 0. The number of benzene rings is 3. The van der Waals surface area contributed by atoms with E-state index in [1.54, 1.807) is 67.6 Å². The van der Waals surface area contributed by atoms with Crippen molar-refractivity contribution in [2.45, 2.75) is 25.8 Å². The van der Waals surface area contributed by atoms with E-state index >= 15 is 0 Å². The summed E-state index contributed by atoms with van der Waals surface area (Å²) in [6.45, 7) is 1.80. The average Bonchev–Trinajstić information content (AvgIpc) is 2.77. The van der Waals surface area contributed by atoms with Crippen LogP contribution < -0.4 is 5.73 Å². The molecule has 0 saturated carbocycles. The van der Waals surface area contributed by atoms with Gasteiger partial charge in [-0.05, 0) is 30.9 Å². The van der Waals surface area contributed by atoms with Crippen LogP contribution >= 0.6 is 0 Å². The van der Waals surface area contributed by atoms with Gasteiger partial charge < -0.3 is 10.8 Å². The lowest BCUT2D eigenvalue weighted by Crippen LogP contribution is -2.30. The summed E-state index contributed by atoms with van der Waals surface area (Å²) in [7, 11) is 0. The third-order valence-corrected chi connectivity index (χ3v) is 5.07. The Labute approximate surface area is 175 Å². The molecule has 3 rings (SSSR count). The fourth-order valence-corrected chi connectivity index (χ4v) is 3.41. The highest BCUT2D eigenvalue weighted by atomic mass is 16.4. The Kier molecular flexibility index (Phi) is 6.54. The van der Waals surface area contributed by atoms with Crippen LogP contribution in [0.2, 0.25) is 0 Å². The number of carbonyl (C=O) groups excluding carboxylic acids is 2. The molecule has 0 bridgehead atoms. The molecule has 5 nitrogen and oxygen atoms in total. The van der Waals surface area contributed by atoms with E-state index in [-0.39, 0.29) is 24.4 Å². The van der Waals surface area contributed by atoms with Crippen LogP contribution in [0.3, 0.4) is 0 Å². The van der Waals surface area contributed by atoms with Crippen LogP contribution in [0.4, 0.5) is 0 Å². The molecule has 3 aromatic carbocycles. The van der Waals surface area contributed by atoms with Gasteiger partial charge >= 0.3 is 5.97 Å². The van der Waals surface area contributed by atoms with E-state index in [1.165, 1.54) is 0 Å². The predicted octanol–water partition coefficient (Wildman–Crippen LogP) is 3.80. The molecule has 0 saturated heterocycles. The number of aliphatic carboxylic acids is 1. The summed E-state index contributed by atoms with van der Waals surface area (Å²) in [4.78, 5) is 37.9. The standard InChI is InChI=1S/C25H23NO4/c1-16-12-13-17(14-15-20(26)25(29)30)22(24(28)19-10-6-3-7-11-19)21(16)23(27)18-8-4-2-5-9-18/h2-13,20H,14-15,26H2,1H3,(H,29,30). The quantitative estimate of drug-likeness (QED) is 0.560. The van der Waals surface area contributed by atoms with Crippen LogP contribution in [0.25, 0.3) is 0 Å². The molecular weight excluding hydrogens is 378 g/mol. The maximum Gasteiger partial charge on any atom is 0.320 e. The van der Waals surface area contributed by atoms with Gasteiger partial charge in [-0.1, -0.05) is 72.8 Å². The highest BCUT2D eigenvalue weighted by Crippen LogP contribution is 2.26. The predicted molar refractivity (Wildman–Crippen MR) is 115 cm³/mol. The number of aryl methyl sites for hydroxylation is 2. The van der Waals surface area contributed by atoms with Crippen LogP contribution in [-0.4, -0.2) is 28.7 Å². The van der Waals surface area contributed by atoms with Crippen LogP contribution in [0, 0.1) is 6.92 Å². The molecule has 3 aromatic rings. The summed E-state index contributed by atoms with van der Waals surface area (Å²) in [6.07, 6.45) is 0.434. The second-order valence-corrected chi connectivity index (χ2v) is 7.17. The van der Waals surface area contributed by atoms with Crippen LogP contribution in [-0.2, 0) is 11.2 Å². The number of carbonyl (C=O) groups is 3. The molecule has 152 valence electrons. The molecule has 0 spiro atoms.